The predicted octanol–water partition coefficient (Wildman–Crippen LogP) is 9.46. The molecule has 0 fully saturated rings. The molecule has 0 aliphatic heterocycles. The Morgan fingerprint density at radius 3 is 1.04 bits per heavy atom. The highest BCUT2D eigenvalue weighted by Crippen LogP contribution is 2.21. The first-order valence-corrected chi connectivity index (χ1v) is 11.8. The zero-order chi connectivity index (χ0) is 17.7. The largest absolute Gasteiger partial charge is 0.0654 e. The van der Waals surface area contributed by atoms with E-state index in [2.05, 4.69) is 20.8 Å². The summed E-state index contributed by atoms with van der Waals surface area (Å²) in [6, 6.07) is 0. The first-order valence-electron chi connectivity index (χ1n) is 11.8. The van der Waals surface area contributed by atoms with Gasteiger partial charge in [-0.05, 0) is 5.92 Å². The van der Waals surface area contributed by atoms with E-state index in [1.165, 1.54) is 128 Å². The van der Waals surface area contributed by atoms with Crippen LogP contribution in [0.5, 0.6) is 0 Å². The third-order valence-corrected chi connectivity index (χ3v) is 5.76. The van der Waals surface area contributed by atoms with E-state index in [4.69, 9.17) is 0 Å². The van der Waals surface area contributed by atoms with Crippen LogP contribution in [0.2, 0.25) is 0 Å². The van der Waals surface area contributed by atoms with Gasteiger partial charge in [-0.2, -0.15) is 0 Å². The molecule has 146 valence electrons. The van der Waals surface area contributed by atoms with Crippen molar-refractivity contribution in [2.24, 2.45) is 5.92 Å². The maximum atomic E-state index is 2.39. The zero-order valence-electron chi connectivity index (χ0n) is 17.7. The fraction of sp³-hybridized carbons (Fsp3) is 1.00. The molecule has 0 spiro atoms. The summed E-state index contributed by atoms with van der Waals surface area (Å²) >= 11 is 0. The highest BCUT2D eigenvalue weighted by Gasteiger charge is 2.05. The molecule has 0 aliphatic rings. The van der Waals surface area contributed by atoms with Crippen LogP contribution in [0, 0.1) is 5.92 Å². The van der Waals surface area contributed by atoms with Gasteiger partial charge in [0.1, 0.15) is 0 Å². The standard InChI is InChI=1S/C24H50/c1-4-7-9-10-11-12-13-14-15-16-17-18-19-21-23-24(6-3)22-20-8-5-2/h24H,4-23H2,1-3H3. The molecule has 0 heterocycles. The van der Waals surface area contributed by atoms with Crippen molar-refractivity contribution >= 4 is 0 Å². The molecule has 24 heavy (non-hydrogen) atoms. The van der Waals surface area contributed by atoms with Crippen LogP contribution in [-0.2, 0) is 0 Å². The van der Waals surface area contributed by atoms with Gasteiger partial charge in [0.25, 0.3) is 0 Å². The van der Waals surface area contributed by atoms with Gasteiger partial charge in [0.15, 0.2) is 0 Å². The number of hydrogen-bond donors (Lipinski definition) is 0. The van der Waals surface area contributed by atoms with Crippen LogP contribution in [0.1, 0.15) is 149 Å². The van der Waals surface area contributed by atoms with Crippen molar-refractivity contribution in [2.75, 3.05) is 0 Å². The highest BCUT2D eigenvalue weighted by molar-refractivity contribution is 4.58. The summed E-state index contributed by atoms with van der Waals surface area (Å²) in [6.45, 7) is 7.00. The van der Waals surface area contributed by atoms with Gasteiger partial charge >= 0.3 is 0 Å². The number of unbranched alkanes of at least 4 members (excludes halogenated alkanes) is 15. The van der Waals surface area contributed by atoms with E-state index < -0.39 is 0 Å². The molecule has 0 N–H and O–H groups in total. The monoisotopic (exact) mass is 338 g/mol. The molecule has 0 rings (SSSR count). The molecule has 0 saturated heterocycles. The molecule has 0 radical (unpaired) electrons. The second-order valence-electron chi connectivity index (χ2n) is 8.15. The van der Waals surface area contributed by atoms with Crippen LogP contribution >= 0.6 is 0 Å². The fourth-order valence-electron chi connectivity index (χ4n) is 3.86. The normalized spacial score (nSPS) is 12.6. The molecule has 0 amide bonds. The molecule has 1 unspecified atom stereocenters. The smallest absolute Gasteiger partial charge is 0.0417 e. The van der Waals surface area contributed by atoms with E-state index >= 15 is 0 Å². The lowest BCUT2D eigenvalue weighted by molar-refractivity contribution is 0.395. The van der Waals surface area contributed by atoms with Gasteiger partial charge in [-0.25, -0.2) is 0 Å². The van der Waals surface area contributed by atoms with Crippen molar-refractivity contribution in [3.63, 3.8) is 0 Å². The summed E-state index contributed by atoms with van der Waals surface area (Å²) in [5.41, 5.74) is 0. The van der Waals surface area contributed by atoms with Gasteiger partial charge in [0, 0.05) is 0 Å². The van der Waals surface area contributed by atoms with E-state index in [0.717, 1.165) is 5.92 Å². The fourth-order valence-corrected chi connectivity index (χ4v) is 3.86. The molecule has 0 aliphatic carbocycles. The van der Waals surface area contributed by atoms with E-state index in [0.29, 0.717) is 0 Å². The summed E-state index contributed by atoms with van der Waals surface area (Å²) in [5, 5.41) is 0. The second kappa shape index (κ2) is 21.0. The Labute approximate surface area is 155 Å². The molecule has 0 heteroatoms. The quantitative estimate of drug-likeness (QED) is 0.194. The lowest BCUT2D eigenvalue weighted by atomic mass is 9.92. The third kappa shape index (κ3) is 18.3. The van der Waals surface area contributed by atoms with Gasteiger partial charge in [-0.1, -0.05) is 149 Å². The average molecular weight is 339 g/mol. The first-order chi connectivity index (χ1) is 11.8. The topological polar surface area (TPSA) is 0 Å². The zero-order valence-corrected chi connectivity index (χ0v) is 17.7. The lowest BCUT2D eigenvalue weighted by Crippen LogP contribution is -1.99. The van der Waals surface area contributed by atoms with Crippen molar-refractivity contribution in [3.05, 3.63) is 0 Å². The van der Waals surface area contributed by atoms with Crippen LogP contribution in [0.15, 0.2) is 0 Å². The Morgan fingerprint density at radius 2 is 0.667 bits per heavy atom. The second-order valence-corrected chi connectivity index (χ2v) is 8.15. The Hall–Kier alpha value is 0. The van der Waals surface area contributed by atoms with Gasteiger partial charge in [0.2, 0.25) is 0 Å². The molecule has 0 bridgehead atoms. The SMILES string of the molecule is CCCCCCCCCCCCCCCCC(CC)CCCCC. The number of hydrogen-bond acceptors (Lipinski definition) is 0. The van der Waals surface area contributed by atoms with Gasteiger partial charge < -0.3 is 0 Å². The van der Waals surface area contributed by atoms with Gasteiger partial charge in [0.05, 0.1) is 0 Å². The predicted molar refractivity (Wildman–Crippen MR) is 113 cm³/mol. The minimum Gasteiger partial charge on any atom is -0.0654 e. The lowest BCUT2D eigenvalue weighted by Gasteiger charge is -2.14. The molecular weight excluding hydrogens is 288 g/mol. The summed E-state index contributed by atoms with van der Waals surface area (Å²) in [6.07, 6.45) is 29.3. The van der Waals surface area contributed by atoms with Crippen molar-refractivity contribution in [2.45, 2.75) is 149 Å². The van der Waals surface area contributed by atoms with E-state index in [9.17, 15) is 0 Å². The molecular formula is C24H50. The molecule has 0 aromatic rings. The Bertz CT molecular complexity index is 208. The maximum Gasteiger partial charge on any atom is -0.0417 e. The Kier molecular flexibility index (Phi) is 21.0. The highest BCUT2D eigenvalue weighted by atomic mass is 14.1. The van der Waals surface area contributed by atoms with Crippen LogP contribution in [0.25, 0.3) is 0 Å². The van der Waals surface area contributed by atoms with Crippen LogP contribution in [0.4, 0.5) is 0 Å². The third-order valence-electron chi connectivity index (χ3n) is 5.76. The molecule has 0 nitrogen and oxygen atoms in total. The molecule has 1 atom stereocenters. The van der Waals surface area contributed by atoms with Gasteiger partial charge in [-0.3, -0.25) is 0 Å². The average Bonchev–Trinajstić information content (AvgIpc) is 2.60. The van der Waals surface area contributed by atoms with Crippen LogP contribution in [-0.4, -0.2) is 0 Å². The minimum absolute atomic E-state index is 1.02. The van der Waals surface area contributed by atoms with Crippen molar-refractivity contribution in [3.8, 4) is 0 Å². The van der Waals surface area contributed by atoms with Crippen molar-refractivity contribution in [1.82, 2.24) is 0 Å². The maximum absolute atomic E-state index is 2.39. The van der Waals surface area contributed by atoms with Gasteiger partial charge in [-0.15, -0.1) is 0 Å². The molecule has 0 aromatic carbocycles. The van der Waals surface area contributed by atoms with Crippen molar-refractivity contribution in [1.29, 1.82) is 0 Å². The summed E-state index contributed by atoms with van der Waals surface area (Å²) < 4.78 is 0. The van der Waals surface area contributed by atoms with E-state index in [1.807, 2.05) is 0 Å². The molecule has 0 saturated carbocycles. The first kappa shape index (κ1) is 24.0. The summed E-state index contributed by atoms with van der Waals surface area (Å²) in [4.78, 5) is 0. The van der Waals surface area contributed by atoms with Crippen LogP contribution < -0.4 is 0 Å². The van der Waals surface area contributed by atoms with Crippen LogP contribution in [0.3, 0.4) is 0 Å². The van der Waals surface area contributed by atoms with Crippen molar-refractivity contribution < 1.29 is 0 Å². The summed E-state index contributed by atoms with van der Waals surface area (Å²) in [5.74, 6) is 1.02. The Morgan fingerprint density at radius 1 is 0.375 bits per heavy atom. The minimum atomic E-state index is 1.02. The van der Waals surface area contributed by atoms with E-state index in [1.54, 1.807) is 0 Å². The summed E-state index contributed by atoms with van der Waals surface area (Å²) in [7, 11) is 0. The molecule has 0 aromatic heterocycles. The Balaban J connectivity index is 3.16. The number of rotatable bonds is 20. The van der Waals surface area contributed by atoms with E-state index in [-0.39, 0.29) is 0 Å².